The zero-order chi connectivity index (χ0) is 19.2. The van der Waals surface area contributed by atoms with Gasteiger partial charge in [-0.25, -0.2) is 4.98 Å². The van der Waals surface area contributed by atoms with Crippen LogP contribution in [0.1, 0.15) is 30.5 Å². The zero-order valence-electron chi connectivity index (χ0n) is 16.2. The molecular formula is C23H26N4O. The fraction of sp³-hybridized carbons (Fsp3) is 0.304. The molecule has 5 heteroatoms. The molecule has 5 nitrogen and oxygen atoms in total. The molecule has 0 bridgehead atoms. The van der Waals surface area contributed by atoms with Crippen LogP contribution in [0.4, 0.5) is 0 Å². The Kier molecular flexibility index (Phi) is 5.42. The van der Waals surface area contributed by atoms with Crippen molar-refractivity contribution < 1.29 is 4.42 Å². The Bertz CT molecular complexity index is 914. The Morgan fingerprint density at radius 3 is 2.39 bits per heavy atom. The van der Waals surface area contributed by atoms with Crippen molar-refractivity contribution in [1.29, 1.82) is 0 Å². The third-order valence-electron chi connectivity index (χ3n) is 5.52. The van der Waals surface area contributed by atoms with E-state index in [9.17, 15) is 0 Å². The molecule has 2 N–H and O–H groups in total. The van der Waals surface area contributed by atoms with Crippen LogP contribution < -0.4 is 10.6 Å². The van der Waals surface area contributed by atoms with Gasteiger partial charge in [-0.1, -0.05) is 55.0 Å². The van der Waals surface area contributed by atoms with Crippen LogP contribution in [-0.4, -0.2) is 24.5 Å². The Labute approximate surface area is 165 Å². The van der Waals surface area contributed by atoms with Crippen LogP contribution >= 0.6 is 0 Å². The number of rotatable bonds is 6. The molecule has 2 aromatic carbocycles. The molecule has 1 fully saturated rings. The molecule has 0 saturated heterocycles. The SMILES string of the molecule is CN=C(NCc1coc(-c2ccccc2)n1)NCC1(c2ccccc2)CCC1. The van der Waals surface area contributed by atoms with Crippen LogP contribution in [0.15, 0.2) is 76.3 Å². The molecule has 0 aliphatic heterocycles. The largest absolute Gasteiger partial charge is 0.444 e. The summed E-state index contributed by atoms with van der Waals surface area (Å²) in [5.41, 5.74) is 3.45. The molecule has 144 valence electrons. The van der Waals surface area contributed by atoms with Crippen molar-refractivity contribution in [3.63, 3.8) is 0 Å². The lowest BCUT2D eigenvalue weighted by molar-refractivity contribution is 0.244. The molecular weight excluding hydrogens is 348 g/mol. The van der Waals surface area contributed by atoms with Gasteiger partial charge in [0.25, 0.3) is 0 Å². The van der Waals surface area contributed by atoms with Gasteiger partial charge in [-0.3, -0.25) is 4.99 Å². The normalized spacial score (nSPS) is 15.7. The van der Waals surface area contributed by atoms with E-state index in [0.29, 0.717) is 12.4 Å². The Morgan fingerprint density at radius 1 is 1.04 bits per heavy atom. The van der Waals surface area contributed by atoms with E-state index < -0.39 is 0 Å². The first-order chi connectivity index (χ1) is 13.8. The molecule has 0 unspecified atom stereocenters. The summed E-state index contributed by atoms with van der Waals surface area (Å²) in [6.45, 7) is 1.44. The monoisotopic (exact) mass is 374 g/mol. The smallest absolute Gasteiger partial charge is 0.226 e. The molecule has 0 amide bonds. The van der Waals surface area contributed by atoms with E-state index in [1.165, 1.54) is 24.8 Å². The minimum atomic E-state index is 0.216. The number of guanidine groups is 1. The van der Waals surface area contributed by atoms with E-state index in [0.717, 1.165) is 23.8 Å². The molecule has 28 heavy (non-hydrogen) atoms. The minimum Gasteiger partial charge on any atom is -0.444 e. The van der Waals surface area contributed by atoms with Crippen molar-refractivity contribution in [3.8, 4) is 11.5 Å². The summed E-state index contributed by atoms with van der Waals surface area (Å²) in [7, 11) is 1.80. The summed E-state index contributed by atoms with van der Waals surface area (Å²) in [4.78, 5) is 8.92. The number of hydrogen-bond donors (Lipinski definition) is 2. The van der Waals surface area contributed by atoms with Crippen LogP contribution in [0.25, 0.3) is 11.5 Å². The Balaban J connectivity index is 1.34. The molecule has 0 radical (unpaired) electrons. The number of hydrogen-bond acceptors (Lipinski definition) is 3. The van der Waals surface area contributed by atoms with Crippen molar-refractivity contribution in [3.05, 3.63) is 78.2 Å². The third-order valence-corrected chi connectivity index (χ3v) is 5.52. The molecule has 4 rings (SSSR count). The lowest BCUT2D eigenvalue weighted by Crippen LogP contribution is -2.48. The van der Waals surface area contributed by atoms with E-state index in [-0.39, 0.29) is 5.41 Å². The quantitative estimate of drug-likeness (QED) is 0.503. The number of oxazole rings is 1. The van der Waals surface area contributed by atoms with Crippen molar-refractivity contribution >= 4 is 5.96 Å². The van der Waals surface area contributed by atoms with Crippen molar-refractivity contribution in [2.45, 2.75) is 31.2 Å². The van der Waals surface area contributed by atoms with E-state index >= 15 is 0 Å². The van der Waals surface area contributed by atoms with Gasteiger partial charge in [0.2, 0.25) is 5.89 Å². The lowest BCUT2D eigenvalue weighted by atomic mass is 9.64. The number of aromatic nitrogens is 1. The molecule has 1 aliphatic carbocycles. The summed E-state index contributed by atoms with van der Waals surface area (Å²) in [5, 5.41) is 6.84. The molecule has 0 atom stereocenters. The summed E-state index contributed by atoms with van der Waals surface area (Å²) >= 11 is 0. The van der Waals surface area contributed by atoms with Crippen molar-refractivity contribution in [1.82, 2.24) is 15.6 Å². The van der Waals surface area contributed by atoms with E-state index in [2.05, 4.69) is 50.9 Å². The fourth-order valence-corrected chi connectivity index (χ4v) is 3.71. The highest BCUT2D eigenvalue weighted by Gasteiger charge is 2.38. The third kappa shape index (κ3) is 3.93. The van der Waals surface area contributed by atoms with Gasteiger partial charge in [0.1, 0.15) is 6.26 Å². The zero-order valence-corrected chi connectivity index (χ0v) is 16.2. The highest BCUT2D eigenvalue weighted by molar-refractivity contribution is 5.79. The van der Waals surface area contributed by atoms with Crippen molar-refractivity contribution in [2.24, 2.45) is 4.99 Å². The second-order valence-corrected chi connectivity index (χ2v) is 7.29. The second-order valence-electron chi connectivity index (χ2n) is 7.29. The van der Waals surface area contributed by atoms with Gasteiger partial charge in [0, 0.05) is 24.6 Å². The first-order valence-electron chi connectivity index (χ1n) is 9.79. The van der Waals surface area contributed by atoms with Crippen LogP contribution in [0.3, 0.4) is 0 Å². The highest BCUT2D eigenvalue weighted by atomic mass is 16.3. The summed E-state index contributed by atoms with van der Waals surface area (Å²) in [5.74, 6) is 1.42. The van der Waals surface area contributed by atoms with E-state index in [4.69, 9.17) is 4.42 Å². The predicted octanol–water partition coefficient (Wildman–Crippen LogP) is 4.13. The Hall–Kier alpha value is -3.08. The van der Waals surface area contributed by atoms with E-state index in [1.54, 1.807) is 13.3 Å². The standard InChI is InChI=1S/C23H26N4O/c1-24-22(26-17-23(13-8-14-23)19-11-6-3-7-12-19)25-15-20-16-28-21(27-20)18-9-4-2-5-10-18/h2-7,9-12,16H,8,13-15,17H2,1H3,(H2,24,25,26). The van der Waals surface area contributed by atoms with Crippen LogP contribution in [0.5, 0.6) is 0 Å². The van der Waals surface area contributed by atoms with Crippen molar-refractivity contribution in [2.75, 3.05) is 13.6 Å². The van der Waals surface area contributed by atoms with Gasteiger partial charge in [-0.2, -0.15) is 0 Å². The Morgan fingerprint density at radius 2 is 1.75 bits per heavy atom. The maximum absolute atomic E-state index is 5.60. The van der Waals surface area contributed by atoms with Gasteiger partial charge in [0.15, 0.2) is 5.96 Å². The van der Waals surface area contributed by atoms with Gasteiger partial charge >= 0.3 is 0 Å². The molecule has 1 aliphatic rings. The first-order valence-corrected chi connectivity index (χ1v) is 9.79. The van der Waals surface area contributed by atoms with Gasteiger partial charge in [-0.05, 0) is 30.5 Å². The highest BCUT2D eigenvalue weighted by Crippen LogP contribution is 2.43. The minimum absolute atomic E-state index is 0.216. The summed E-state index contributed by atoms with van der Waals surface area (Å²) in [6, 6.07) is 20.7. The van der Waals surface area contributed by atoms with Gasteiger partial charge < -0.3 is 15.1 Å². The molecule has 3 aromatic rings. The topological polar surface area (TPSA) is 62.5 Å². The number of aliphatic imine (C=N–C) groups is 1. The molecule has 1 aromatic heterocycles. The second kappa shape index (κ2) is 8.30. The van der Waals surface area contributed by atoms with Gasteiger partial charge in [-0.15, -0.1) is 0 Å². The fourth-order valence-electron chi connectivity index (χ4n) is 3.71. The number of benzene rings is 2. The molecule has 0 spiro atoms. The van der Waals surface area contributed by atoms with Crippen LogP contribution in [0.2, 0.25) is 0 Å². The maximum atomic E-state index is 5.60. The van der Waals surface area contributed by atoms with Crippen LogP contribution in [0, 0.1) is 0 Å². The predicted molar refractivity (Wildman–Crippen MR) is 112 cm³/mol. The number of nitrogens with zero attached hydrogens (tertiary/aromatic N) is 2. The maximum Gasteiger partial charge on any atom is 0.226 e. The molecule has 1 heterocycles. The number of nitrogens with one attached hydrogen (secondary N) is 2. The summed E-state index contributed by atoms with van der Waals surface area (Å²) in [6.07, 6.45) is 5.40. The average Bonchev–Trinajstić information content (AvgIpc) is 3.20. The molecule has 1 saturated carbocycles. The lowest BCUT2D eigenvalue weighted by Gasteiger charge is -2.43. The average molecular weight is 374 g/mol. The summed E-state index contributed by atoms with van der Waals surface area (Å²) < 4.78 is 5.60. The van der Waals surface area contributed by atoms with E-state index in [1.807, 2.05) is 30.3 Å². The van der Waals surface area contributed by atoms with Gasteiger partial charge in [0.05, 0.1) is 12.2 Å². The van der Waals surface area contributed by atoms with Crippen LogP contribution in [-0.2, 0) is 12.0 Å². The first kappa shape index (κ1) is 18.3.